The van der Waals surface area contributed by atoms with Crippen LogP contribution in [0.4, 0.5) is 5.00 Å². The molecule has 0 saturated heterocycles. The molecule has 1 aromatic heterocycles. The summed E-state index contributed by atoms with van der Waals surface area (Å²) in [6.45, 7) is 0. The van der Waals surface area contributed by atoms with E-state index in [1.807, 2.05) is 42.5 Å². The predicted molar refractivity (Wildman–Crippen MR) is 85.7 cm³/mol. The Balaban J connectivity index is 2.02. The van der Waals surface area contributed by atoms with E-state index in [2.05, 4.69) is 6.07 Å². The Hall–Kier alpha value is -2.64. The second kappa shape index (κ2) is 5.39. The molecule has 1 heterocycles. The predicted octanol–water partition coefficient (Wildman–Crippen LogP) is 4.05. The highest BCUT2D eigenvalue weighted by molar-refractivity contribution is 7.16. The number of amides is 1. The van der Waals surface area contributed by atoms with E-state index in [0.29, 0.717) is 10.4 Å². The first-order valence-corrected chi connectivity index (χ1v) is 7.28. The first kappa shape index (κ1) is 13.3. The molecule has 3 rings (SSSR count). The van der Waals surface area contributed by atoms with Gasteiger partial charge in [-0.15, -0.1) is 11.3 Å². The number of hydrogen-bond acceptors (Lipinski definition) is 3. The maximum absolute atomic E-state index is 12.7. The molecule has 0 saturated carbocycles. The molecule has 0 bridgehead atoms. The lowest BCUT2D eigenvalue weighted by Crippen LogP contribution is -2.25. The van der Waals surface area contributed by atoms with Crippen molar-refractivity contribution in [3.8, 4) is 6.07 Å². The quantitative estimate of drug-likeness (QED) is 0.715. The van der Waals surface area contributed by atoms with E-state index < -0.39 is 0 Å². The van der Waals surface area contributed by atoms with Crippen molar-refractivity contribution in [2.24, 2.45) is 0 Å². The highest BCUT2D eigenvalue weighted by Crippen LogP contribution is 2.27. The van der Waals surface area contributed by atoms with Crippen molar-refractivity contribution in [1.29, 1.82) is 5.26 Å². The molecule has 0 atom stereocenters. The van der Waals surface area contributed by atoms with E-state index in [0.717, 1.165) is 15.8 Å². The number of carbonyl (C=O) groups excluding carboxylic acids is 1. The Morgan fingerprint density at radius 1 is 1.10 bits per heavy atom. The van der Waals surface area contributed by atoms with Crippen LogP contribution in [0.5, 0.6) is 0 Å². The van der Waals surface area contributed by atoms with Gasteiger partial charge in [-0.1, -0.05) is 36.4 Å². The van der Waals surface area contributed by atoms with Crippen LogP contribution in [-0.2, 0) is 0 Å². The van der Waals surface area contributed by atoms with Gasteiger partial charge in [0.05, 0.1) is 5.00 Å². The average Bonchev–Trinajstić information content (AvgIpc) is 3.02. The Kier molecular flexibility index (Phi) is 3.43. The number of hydrogen-bond donors (Lipinski definition) is 0. The third-order valence-corrected chi connectivity index (χ3v) is 4.42. The maximum atomic E-state index is 12.7. The molecular formula is C17H12N2OS. The standard InChI is InChI=1S/C17H12N2OS/c1-19(16-10-9-13(11-18)21-16)17(20)15-8-4-6-12-5-2-3-7-14(12)15/h2-10H,1H3. The molecule has 102 valence electrons. The number of anilines is 1. The van der Waals surface area contributed by atoms with Crippen molar-refractivity contribution >= 4 is 33.0 Å². The molecule has 0 N–H and O–H groups in total. The molecule has 4 heteroatoms. The first-order chi connectivity index (χ1) is 10.2. The lowest BCUT2D eigenvalue weighted by Gasteiger charge is -2.16. The van der Waals surface area contributed by atoms with E-state index in [-0.39, 0.29) is 5.91 Å². The molecule has 0 radical (unpaired) electrons. The molecule has 0 spiro atoms. The molecule has 1 amide bonds. The summed E-state index contributed by atoms with van der Waals surface area (Å²) < 4.78 is 0. The van der Waals surface area contributed by atoms with Crippen molar-refractivity contribution in [2.75, 3.05) is 11.9 Å². The number of fused-ring (bicyclic) bond motifs is 1. The van der Waals surface area contributed by atoms with Crippen LogP contribution in [-0.4, -0.2) is 13.0 Å². The minimum Gasteiger partial charge on any atom is -0.303 e. The summed E-state index contributed by atoms with van der Waals surface area (Å²) in [5.41, 5.74) is 0.669. The van der Waals surface area contributed by atoms with E-state index in [1.54, 1.807) is 24.1 Å². The van der Waals surface area contributed by atoms with Crippen LogP contribution in [0.2, 0.25) is 0 Å². The number of nitriles is 1. The number of carbonyl (C=O) groups is 1. The first-order valence-electron chi connectivity index (χ1n) is 6.46. The van der Waals surface area contributed by atoms with Gasteiger partial charge in [0.25, 0.3) is 5.91 Å². The lowest BCUT2D eigenvalue weighted by molar-refractivity contribution is 0.0995. The van der Waals surface area contributed by atoms with Crippen LogP contribution in [0, 0.1) is 11.3 Å². The SMILES string of the molecule is CN(C(=O)c1cccc2ccccc12)c1ccc(C#N)s1. The molecule has 2 aromatic carbocycles. The van der Waals surface area contributed by atoms with Gasteiger partial charge in [0.1, 0.15) is 10.9 Å². The van der Waals surface area contributed by atoms with E-state index in [1.165, 1.54) is 11.3 Å². The van der Waals surface area contributed by atoms with Gasteiger partial charge in [0.2, 0.25) is 0 Å². The van der Waals surface area contributed by atoms with Gasteiger partial charge in [-0.2, -0.15) is 5.26 Å². The van der Waals surface area contributed by atoms with E-state index in [9.17, 15) is 4.79 Å². The third-order valence-electron chi connectivity index (χ3n) is 3.36. The summed E-state index contributed by atoms with van der Waals surface area (Å²) >= 11 is 1.31. The largest absolute Gasteiger partial charge is 0.303 e. The van der Waals surface area contributed by atoms with Gasteiger partial charge in [-0.05, 0) is 29.0 Å². The van der Waals surface area contributed by atoms with Gasteiger partial charge in [0, 0.05) is 12.6 Å². The lowest BCUT2D eigenvalue weighted by atomic mass is 10.0. The zero-order valence-corrected chi connectivity index (χ0v) is 12.2. The molecule has 0 aliphatic carbocycles. The Bertz CT molecular complexity index is 855. The van der Waals surface area contributed by atoms with E-state index >= 15 is 0 Å². The fourth-order valence-corrected chi connectivity index (χ4v) is 3.02. The Labute approximate surface area is 126 Å². The Morgan fingerprint density at radius 2 is 1.86 bits per heavy atom. The summed E-state index contributed by atoms with van der Waals surface area (Å²) in [5.74, 6) is -0.0712. The van der Waals surface area contributed by atoms with Gasteiger partial charge in [-0.3, -0.25) is 4.79 Å². The van der Waals surface area contributed by atoms with Crippen molar-refractivity contribution in [3.63, 3.8) is 0 Å². The van der Waals surface area contributed by atoms with E-state index in [4.69, 9.17) is 5.26 Å². The summed E-state index contributed by atoms with van der Waals surface area (Å²) in [5, 5.41) is 11.6. The minimum absolute atomic E-state index is 0.0712. The summed E-state index contributed by atoms with van der Waals surface area (Å²) in [6, 6.07) is 19.2. The third kappa shape index (κ3) is 2.39. The van der Waals surface area contributed by atoms with Crippen molar-refractivity contribution < 1.29 is 4.79 Å². The maximum Gasteiger partial charge on any atom is 0.259 e. The summed E-state index contributed by atoms with van der Waals surface area (Å²) in [6.07, 6.45) is 0. The van der Waals surface area contributed by atoms with Gasteiger partial charge < -0.3 is 4.90 Å². The Morgan fingerprint density at radius 3 is 2.62 bits per heavy atom. The van der Waals surface area contributed by atoms with Gasteiger partial charge >= 0.3 is 0 Å². The number of benzene rings is 2. The van der Waals surface area contributed by atoms with Crippen molar-refractivity contribution in [1.82, 2.24) is 0 Å². The number of thiophene rings is 1. The molecule has 0 unspecified atom stereocenters. The van der Waals surface area contributed by atoms with Crippen LogP contribution in [0.3, 0.4) is 0 Å². The van der Waals surface area contributed by atoms with Gasteiger partial charge in [0.15, 0.2) is 0 Å². The molecule has 3 aromatic rings. The van der Waals surface area contributed by atoms with Crippen LogP contribution >= 0.6 is 11.3 Å². The zero-order valence-electron chi connectivity index (χ0n) is 11.4. The normalized spacial score (nSPS) is 10.3. The minimum atomic E-state index is -0.0712. The molecule has 0 aliphatic heterocycles. The topological polar surface area (TPSA) is 44.1 Å². The highest BCUT2D eigenvalue weighted by atomic mass is 32.1. The molecular weight excluding hydrogens is 280 g/mol. The highest BCUT2D eigenvalue weighted by Gasteiger charge is 2.17. The van der Waals surface area contributed by atoms with Gasteiger partial charge in [-0.25, -0.2) is 0 Å². The fraction of sp³-hybridized carbons (Fsp3) is 0.0588. The number of rotatable bonds is 2. The summed E-state index contributed by atoms with van der Waals surface area (Å²) in [4.78, 5) is 14.9. The second-order valence-electron chi connectivity index (χ2n) is 4.64. The van der Waals surface area contributed by atoms with Crippen molar-refractivity contribution in [2.45, 2.75) is 0 Å². The monoisotopic (exact) mass is 292 g/mol. The zero-order chi connectivity index (χ0) is 14.8. The van der Waals surface area contributed by atoms with Crippen LogP contribution in [0.1, 0.15) is 15.2 Å². The molecule has 3 nitrogen and oxygen atoms in total. The fourth-order valence-electron chi connectivity index (χ4n) is 2.26. The smallest absolute Gasteiger partial charge is 0.259 e. The van der Waals surface area contributed by atoms with Crippen molar-refractivity contribution in [3.05, 3.63) is 65.0 Å². The van der Waals surface area contributed by atoms with Crippen LogP contribution < -0.4 is 4.90 Å². The average molecular weight is 292 g/mol. The second-order valence-corrected chi connectivity index (χ2v) is 5.70. The number of nitrogens with zero attached hydrogens (tertiary/aromatic N) is 2. The molecule has 0 aliphatic rings. The molecule has 0 fully saturated rings. The van der Waals surface area contributed by atoms with Crippen LogP contribution in [0.15, 0.2) is 54.6 Å². The molecule has 21 heavy (non-hydrogen) atoms. The van der Waals surface area contributed by atoms with Crippen LogP contribution in [0.25, 0.3) is 10.8 Å². The summed E-state index contributed by atoms with van der Waals surface area (Å²) in [7, 11) is 1.73.